The first-order chi connectivity index (χ1) is 9.95. The van der Waals surface area contributed by atoms with Crippen LogP contribution in [0.4, 0.5) is 5.69 Å². The van der Waals surface area contributed by atoms with Crippen LogP contribution in [-0.4, -0.2) is 27.9 Å². The summed E-state index contributed by atoms with van der Waals surface area (Å²) < 4.78 is 2.69. The van der Waals surface area contributed by atoms with E-state index in [9.17, 15) is 4.79 Å². The minimum Gasteiger partial charge on any atom is -0.478 e. The number of halogens is 1. The average molecular weight is 350 g/mol. The summed E-state index contributed by atoms with van der Waals surface area (Å²) >= 11 is 3.53. The Morgan fingerprint density at radius 1 is 1.52 bits per heavy atom. The standard InChI is InChI=1S/C15H16BrN3O2/c1-18(9-12-8-17-19(2)10-12)14-5-3-11(7-13(14)16)4-6-15(20)21/h3-8,10H,9H2,1-2H3,(H,20,21)/b6-4+. The summed E-state index contributed by atoms with van der Waals surface area (Å²) in [6.07, 6.45) is 6.52. The van der Waals surface area contributed by atoms with Gasteiger partial charge in [-0.1, -0.05) is 6.07 Å². The van der Waals surface area contributed by atoms with Crippen LogP contribution in [0.2, 0.25) is 0 Å². The number of aliphatic carboxylic acids is 1. The molecule has 21 heavy (non-hydrogen) atoms. The van der Waals surface area contributed by atoms with Crippen LogP contribution in [0.25, 0.3) is 6.08 Å². The molecule has 0 spiro atoms. The van der Waals surface area contributed by atoms with E-state index in [4.69, 9.17) is 5.11 Å². The van der Waals surface area contributed by atoms with Gasteiger partial charge in [0.15, 0.2) is 0 Å². The van der Waals surface area contributed by atoms with Gasteiger partial charge in [-0.25, -0.2) is 4.79 Å². The van der Waals surface area contributed by atoms with Crippen molar-refractivity contribution in [1.29, 1.82) is 0 Å². The van der Waals surface area contributed by atoms with Crippen LogP contribution >= 0.6 is 15.9 Å². The largest absolute Gasteiger partial charge is 0.478 e. The zero-order valence-corrected chi connectivity index (χ0v) is 13.4. The van der Waals surface area contributed by atoms with Crippen LogP contribution in [-0.2, 0) is 18.4 Å². The van der Waals surface area contributed by atoms with Crippen molar-refractivity contribution in [2.75, 3.05) is 11.9 Å². The highest BCUT2D eigenvalue weighted by Crippen LogP contribution is 2.28. The summed E-state index contributed by atoms with van der Waals surface area (Å²) in [7, 11) is 3.89. The topological polar surface area (TPSA) is 58.4 Å². The molecule has 5 nitrogen and oxygen atoms in total. The number of hydrogen-bond donors (Lipinski definition) is 1. The molecular formula is C15H16BrN3O2. The first-order valence-electron chi connectivity index (χ1n) is 6.35. The van der Waals surface area contributed by atoms with E-state index in [1.165, 1.54) is 0 Å². The van der Waals surface area contributed by atoms with Gasteiger partial charge >= 0.3 is 5.97 Å². The van der Waals surface area contributed by atoms with Crippen LogP contribution in [0.3, 0.4) is 0 Å². The number of rotatable bonds is 5. The van der Waals surface area contributed by atoms with Crippen molar-refractivity contribution in [2.45, 2.75) is 6.54 Å². The number of aryl methyl sites for hydroxylation is 1. The molecule has 0 bridgehead atoms. The molecule has 110 valence electrons. The van der Waals surface area contributed by atoms with Crippen molar-refractivity contribution < 1.29 is 9.90 Å². The molecule has 0 saturated carbocycles. The number of nitrogens with zero attached hydrogens (tertiary/aromatic N) is 3. The molecule has 2 aromatic rings. The lowest BCUT2D eigenvalue weighted by molar-refractivity contribution is -0.131. The molecule has 0 fully saturated rings. The normalized spacial score (nSPS) is 11.0. The van der Waals surface area contributed by atoms with E-state index in [-0.39, 0.29) is 0 Å². The lowest BCUT2D eigenvalue weighted by atomic mass is 10.2. The highest BCUT2D eigenvalue weighted by molar-refractivity contribution is 9.10. The lowest BCUT2D eigenvalue weighted by Crippen LogP contribution is -2.16. The molecule has 1 heterocycles. The maximum absolute atomic E-state index is 10.5. The smallest absolute Gasteiger partial charge is 0.328 e. The lowest BCUT2D eigenvalue weighted by Gasteiger charge is -2.20. The first-order valence-corrected chi connectivity index (χ1v) is 7.14. The van der Waals surface area contributed by atoms with E-state index in [0.29, 0.717) is 0 Å². The number of carbonyl (C=O) groups is 1. The van der Waals surface area contributed by atoms with Gasteiger partial charge in [-0.3, -0.25) is 4.68 Å². The third-order valence-corrected chi connectivity index (χ3v) is 3.61. The Labute approximate surface area is 131 Å². The fourth-order valence-electron chi connectivity index (χ4n) is 2.02. The van der Waals surface area contributed by atoms with E-state index in [1.54, 1.807) is 10.8 Å². The van der Waals surface area contributed by atoms with E-state index >= 15 is 0 Å². The minimum atomic E-state index is -0.955. The average Bonchev–Trinajstić information content (AvgIpc) is 2.81. The Hall–Kier alpha value is -2.08. The van der Waals surface area contributed by atoms with Gasteiger partial charge in [0.1, 0.15) is 0 Å². The Morgan fingerprint density at radius 3 is 2.86 bits per heavy atom. The van der Waals surface area contributed by atoms with Crippen LogP contribution in [0.1, 0.15) is 11.1 Å². The van der Waals surface area contributed by atoms with E-state index in [0.717, 1.165) is 33.9 Å². The molecule has 0 aliphatic rings. The molecule has 1 aromatic heterocycles. The van der Waals surface area contributed by atoms with Crippen molar-refractivity contribution in [1.82, 2.24) is 9.78 Å². The summed E-state index contributed by atoms with van der Waals surface area (Å²) in [6.45, 7) is 0.747. The fraction of sp³-hybridized carbons (Fsp3) is 0.200. The number of carboxylic acids is 1. The molecule has 1 aromatic carbocycles. The number of carboxylic acid groups (broad SMARTS) is 1. The molecule has 0 aliphatic heterocycles. The molecular weight excluding hydrogens is 334 g/mol. The van der Waals surface area contributed by atoms with Crippen molar-refractivity contribution in [3.05, 3.63) is 52.3 Å². The predicted molar refractivity (Wildman–Crippen MR) is 86.1 cm³/mol. The third kappa shape index (κ3) is 4.19. The van der Waals surface area contributed by atoms with Crippen LogP contribution in [0, 0.1) is 0 Å². The zero-order chi connectivity index (χ0) is 15.4. The van der Waals surface area contributed by atoms with Gasteiger partial charge in [0.25, 0.3) is 0 Å². The Kier molecular flexibility index (Phi) is 4.80. The number of anilines is 1. The van der Waals surface area contributed by atoms with E-state index in [1.807, 2.05) is 44.7 Å². The second kappa shape index (κ2) is 6.58. The maximum Gasteiger partial charge on any atom is 0.328 e. The van der Waals surface area contributed by atoms with Gasteiger partial charge in [0, 0.05) is 42.9 Å². The summed E-state index contributed by atoms with van der Waals surface area (Å²) in [5, 5.41) is 12.8. The predicted octanol–water partition coefficient (Wildman–Crippen LogP) is 2.92. The molecule has 2 rings (SSSR count). The Morgan fingerprint density at radius 2 is 2.29 bits per heavy atom. The molecule has 0 saturated heterocycles. The minimum absolute atomic E-state index is 0.747. The van der Waals surface area contributed by atoms with Gasteiger partial charge in [0.2, 0.25) is 0 Å². The monoisotopic (exact) mass is 349 g/mol. The summed E-state index contributed by atoms with van der Waals surface area (Å²) in [5.41, 5.74) is 3.00. The van der Waals surface area contributed by atoms with E-state index < -0.39 is 5.97 Å². The van der Waals surface area contributed by atoms with Gasteiger partial charge in [-0.05, 0) is 39.7 Å². The van der Waals surface area contributed by atoms with E-state index in [2.05, 4.69) is 25.9 Å². The molecule has 6 heteroatoms. The van der Waals surface area contributed by atoms with Crippen molar-refractivity contribution in [3.8, 4) is 0 Å². The highest BCUT2D eigenvalue weighted by Gasteiger charge is 2.08. The van der Waals surface area contributed by atoms with Gasteiger partial charge in [0.05, 0.1) is 11.9 Å². The molecule has 0 aliphatic carbocycles. The first kappa shape index (κ1) is 15.3. The SMILES string of the molecule is CN(Cc1cnn(C)c1)c1ccc(/C=C/C(=O)O)cc1Br. The maximum atomic E-state index is 10.5. The quantitative estimate of drug-likeness (QED) is 0.843. The number of hydrogen-bond acceptors (Lipinski definition) is 3. The summed E-state index contributed by atoms with van der Waals surface area (Å²) in [5.74, 6) is -0.955. The molecule has 1 N–H and O–H groups in total. The van der Waals surface area contributed by atoms with Gasteiger partial charge in [-0.2, -0.15) is 5.10 Å². The number of benzene rings is 1. The van der Waals surface area contributed by atoms with Gasteiger partial charge in [-0.15, -0.1) is 0 Å². The van der Waals surface area contributed by atoms with Crippen molar-refractivity contribution >= 4 is 33.7 Å². The fourth-order valence-corrected chi connectivity index (χ4v) is 2.72. The second-order valence-electron chi connectivity index (χ2n) is 4.76. The summed E-state index contributed by atoms with van der Waals surface area (Å²) in [6, 6.07) is 5.75. The van der Waals surface area contributed by atoms with Gasteiger partial charge < -0.3 is 10.0 Å². The Bertz CT molecular complexity index is 679. The second-order valence-corrected chi connectivity index (χ2v) is 5.62. The third-order valence-electron chi connectivity index (χ3n) is 2.98. The molecule has 0 amide bonds. The van der Waals surface area contributed by atoms with Crippen LogP contribution in [0.15, 0.2) is 41.1 Å². The summed E-state index contributed by atoms with van der Waals surface area (Å²) in [4.78, 5) is 12.6. The molecule has 0 atom stereocenters. The molecule has 0 radical (unpaired) electrons. The highest BCUT2D eigenvalue weighted by atomic mass is 79.9. The van der Waals surface area contributed by atoms with Crippen LogP contribution in [0.5, 0.6) is 0 Å². The Balaban J connectivity index is 2.14. The molecule has 0 unspecified atom stereocenters. The number of aromatic nitrogens is 2. The van der Waals surface area contributed by atoms with Crippen molar-refractivity contribution in [2.24, 2.45) is 7.05 Å². The van der Waals surface area contributed by atoms with Crippen molar-refractivity contribution in [3.63, 3.8) is 0 Å². The zero-order valence-electron chi connectivity index (χ0n) is 11.8. The van der Waals surface area contributed by atoms with Crippen LogP contribution < -0.4 is 4.90 Å².